The van der Waals surface area contributed by atoms with E-state index in [-0.39, 0.29) is 17.5 Å². The van der Waals surface area contributed by atoms with Gasteiger partial charge in [-0.05, 0) is 27.2 Å². The van der Waals surface area contributed by atoms with Crippen LogP contribution in [-0.2, 0) is 9.53 Å². The second-order valence-corrected chi connectivity index (χ2v) is 6.06. The highest BCUT2D eigenvalue weighted by molar-refractivity contribution is 5.79. The molecule has 0 aliphatic carbocycles. The lowest BCUT2D eigenvalue weighted by Gasteiger charge is -2.34. The molecule has 2 rings (SSSR count). The number of carbonyl (C=O) groups is 2. The number of piperazine rings is 1. The van der Waals surface area contributed by atoms with Crippen LogP contribution < -0.4 is 10.6 Å². The molecule has 2 saturated heterocycles. The number of hydrogen-bond acceptors (Lipinski definition) is 4. The van der Waals surface area contributed by atoms with Gasteiger partial charge in [0.15, 0.2) is 0 Å². The van der Waals surface area contributed by atoms with Crippen molar-refractivity contribution in [3.63, 3.8) is 0 Å². The van der Waals surface area contributed by atoms with Gasteiger partial charge in [-0.2, -0.15) is 0 Å². The van der Waals surface area contributed by atoms with E-state index in [1.54, 1.807) is 4.90 Å². The first-order valence-electron chi connectivity index (χ1n) is 6.29. The Kier molecular flexibility index (Phi) is 3.23. The van der Waals surface area contributed by atoms with Crippen LogP contribution in [0.2, 0.25) is 0 Å². The summed E-state index contributed by atoms with van der Waals surface area (Å²) < 4.78 is 5.35. The summed E-state index contributed by atoms with van der Waals surface area (Å²) in [5, 5.41) is 6.07. The van der Waals surface area contributed by atoms with Gasteiger partial charge in [0.2, 0.25) is 5.91 Å². The van der Waals surface area contributed by atoms with Crippen LogP contribution in [0.25, 0.3) is 0 Å². The third-order valence-corrected chi connectivity index (χ3v) is 3.25. The number of amides is 2. The van der Waals surface area contributed by atoms with Crippen molar-refractivity contribution in [2.45, 2.75) is 38.3 Å². The van der Waals surface area contributed by atoms with Gasteiger partial charge >= 0.3 is 6.09 Å². The maximum absolute atomic E-state index is 11.9. The molecule has 18 heavy (non-hydrogen) atoms. The molecule has 1 atom stereocenters. The van der Waals surface area contributed by atoms with E-state index in [4.69, 9.17) is 4.74 Å². The van der Waals surface area contributed by atoms with Crippen molar-refractivity contribution >= 4 is 12.0 Å². The van der Waals surface area contributed by atoms with Gasteiger partial charge < -0.3 is 15.0 Å². The summed E-state index contributed by atoms with van der Waals surface area (Å²) in [4.78, 5) is 24.8. The molecule has 6 nitrogen and oxygen atoms in total. The predicted molar refractivity (Wildman–Crippen MR) is 66.2 cm³/mol. The fraction of sp³-hybridized carbons (Fsp3) is 0.833. The number of likely N-dealkylation sites (tertiary alicyclic amines) is 1. The normalized spacial score (nSPS) is 28.4. The van der Waals surface area contributed by atoms with Crippen molar-refractivity contribution in [3.05, 3.63) is 0 Å². The van der Waals surface area contributed by atoms with E-state index in [0.717, 1.165) is 6.42 Å². The summed E-state index contributed by atoms with van der Waals surface area (Å²) in [6, 6.07) is 0. The molecule has 2 aliphatic rings. The van der Waals surface area contributed by atoms with E-state index in [1.807, 2.05) is 20.8 Å². The van der Waals surface area contributed by atoms with Crippen LogP contribution in [0.1, 0.15) is 27.2 Å². The Morgan fingerprint density at radius 1 is 1.44 bits per heavy atom. The lowest BCUT2D eigenvalue weighted by Crippen LogP contribution is -2.62. The molecule has 1 spiro atoms. The lowest BCUT2D eigenvalue weighted by molar-refractivity contribution is -0.122. The molecular formula is C12H21N3O3. The summed E-state index contributed by atoms with van der Waals surface area (Å²) in [6.45, 7) is 7.72. The highest BCUT2D eigenvalue weighted by Crippen LogP contribution is 2.24. The minimum atomic E-state index is -0.471. The summed E-state index contributed by atoms with van der Waals surface area (Å²) in [5.41, 5.74) is -0.647. The zero-order valence-electron chi connectivity index (χ0n) is 11.2. The molecule has 2 N–H and O–H groups in total. The van der Waals surface area contributed by atoms with Crippen molar-refractivity contribution in [2.24, 2.45) is 0 Å². The average Bonchev–Trinajstić information content (AvgIpc) is 2.65. The maximum atomic E-state index is 11.9. The molecule has 0 aromatic rings. The van der Waals surface area contributed by atoms with Gasteiger partial charge in [0, 0.05) is 19.6 Å². The van der Waals surface area contributed by atoms with E-state index in [0.29, 0.717) is 26.2 Å². The van der Waals surface area contributed by atoms with Crippen LogP contribution in [0, 0.1) is 0 Å². The molecule has 0 aromatic heterocycles. The van der Waals surface area contributed by atoms with E-state index in [1.165, 1.54) is 0 Å². The van der Waals surface area contributed by atoms with Gasteiger partial charge in [0.25, 0.3) is 0 Å². The fourth-order valence-electron chi connectivity index (χ4n) is 2.30. The number of carbonyl (C=O) groups excluding carboxylic acids is 2. The fourth-order valence-corrected chi connectivity index (χ4v) is 2.30. The Hall–Kier alpha value is -1.30. The SMILES string of the molecule is CC(C)(C)OC(=O)N1CCC2(CNC(=O)CN2)C1. The molecule has 102 valence electrons. The van der Waals surface area contributed by atoms with Gasteiger partial charge in [-0.25, -0.2) is 4.79 Å². The van der Waals surface area contributed by atoms with Gasteiger partial charge in [-0.1, -0.05) is 0 Å². The monoisotopic (exact) mass is 255 g/mol. The first kappa shape index (κ1) is 13.1. The molecule has 2 amide bonds. The van der Waals surface area contributed by atoms with Crippen LogP contribution in [0.3, 0.4) is 0 Å². The summed E-state index contributed by atoms with van der Waals surface area (Å²) in [7, 11) is 0. The molecule has 0 aromatic carbocycles. The second kappa shape index (κ2) is 4.42. The topological polar surface area (TPSA) is 70.7 Å². The molecule has 0 bridgehead atoms. The summed E-state index contributed by atoms with van der Waals surface area (Å²) in [5.74, 6) is 0.0105. The van der Waals surface area contributed by atoms with E-state index in [2.05, 4.69) is 10.6 Å². The number of nitrogens with zero attached hydrogens (tertiary/aromatic N) is 1. The minimum Gasteiger partial charge on any atom is -0.444 e. The van der Waals surface area contributed by atoms with E-state index >= 15 is 0 Å². The Labute approximate surface area is 107 Å². The van der Waals surface area contributed by atoms with Crippen molar-refractivity contribution in [2.75, 3.05) is 26.2 Å². The molecule has 2 aliphatic heterocycles. The number of ether oxygens (including phenoxy) is 1. The average molecular weight is 255 g/mol. The Bertz CT molecular complexity index is 352. The Morgan fingerprint density at radius 2 is 2.17 bits per heavy atom. The summed E-state index contributed by atoms with van der Waals surface area (Å²) >= 11 is 0. The Balaban J connectivity index is 1.92. The van der Waals surface area contributed by atoms with Crippen LogP contribution in [0.4, 0.5) is 4.79 Å². The van der Waals surface area contributed by atoms with Gasteiger partial charge in [-0.15, -0.1) is 0 Å². The first-order valence-corrected chi connectivity index (χ1v) is 6.29. The van der Waals surface area contributed by atoms with Crippen LogP contribution in [0.15, 0.2) is 0 Å². The molecule has 2 heterocycles. The second-order valence-electron chi connectivity index (χ2n) is 6.06. The summed E-state index contributed by atoms with van der Waals surface area (Å²) in [6.07, 6.45) is 0.560. The van der Waals surface area contributed by atoms with Gasteiger partial charge in [0.05, 0.1) is 12.1 Å². The third kappa shape index (κ3) is 2.93. The Morgan fingerprint density at radius 3 is 2.72 bits per heavy atom. The highest BCUT2D eigenvalue weighted by atomic mass is 16.6. The quantitative estimate of drug-likeness (QED) is 0.643. The van der Waals surface area contributed by atoms with Crippen LogP contribution in [0.5, 0.6) is 0 Å². The molecule has 0 radical (unpaired) electrons. The zero-order chi connectivity index (χ0) is 13.4. The van der Waals surface area contributed by atoms with Crippen molar-refractivity contribution < 1.29 is 14.3 Å². The number of nitrogens with one attached hydrogen (secondary N) is 2. The van der Waals surface area contributed by atoms with Crippen molar-refractivity contribution in [1.29, 1.82) is 0 Å². The third-order valence-electron chi connectivity index (χ3n) is 3.25. The molecule has 0 saturated carbocycles. The van der Waals surface area contributed by atoms with E-state index < -0.39 is 5.60 Å². The maximum Gasteiger partial charge on any atom is 0.410 e. The molecule has 1 unspecified atom stereocenters. The van der Waals surface area contributed by atoms with Gasteiger partial charge in [0.1, 0.15) is 5.60 Å². The van der Waals surface area contributed by atoms with E-state index in [9.17, 15) is 9.59 Å². The standard InChI is InChI=1S/C12H21N3O3/c1-11(2,3)18-10(17)15-5-4-12(8-15)7-13-9(16)6-14-12/h14H,4-8H2,1-3H3,(H,13,16). The first-order chi connectivity index (χ1) is 8.30. The van der Waals surface area contributed by atoms with Crippen LogP contribution >= 0.6 is 0 Å². The zero-order valence-corrected chi connectivity index (χ0v) is 11.2. The molecule has 6 heteroatoms. The van der Waals surface area contributed by atoms with Crippen LogP contribution in [-0.4, -0.2) is 54.2 Å². The van der Waals surface area contributed by atoms with Gasteiger partial charge in [-0.3, -0.25) is 10.1 Å². The highest BCUT2D eigenvalue weighted by Gasteiger charge is 2.43. The lowest BCUT2D eigenvalue weighted by atomic mass is 9.97. The number of hydrogen-bond donors (Lipinski definition) is 2. The molecule has 2 fully saturated rings. The van der Waals surface area contributed by atoms with Crippen molar-refractivity contribution in [1.82, 2.24) is 15.5 Å². The largest absolute Gasteiger partial charge is 0.444 e. The predicted octanol–water partition coefficient (Wildman–Crippen LogP) is 0.0854. The minimum absolute atomic E-state index is 0.0105. The number of rotatable bonds is 0. The molecular weight excluding hydrogens is 234 g/mol. The van der Waals surface area contributed by atoms with Crippen molar-refractivity contribution in [3.8, 4) is 0 Å². The smallest absolute Gasteiger partial charge is 0.410 e.